The molecule has 0 radical (unpaired) electrons. The Kier molecular flexibility index (Phi) is 2.44. The molecule has 0 saturated heterocycles. The van der Waals surface area contributed by atoms with E-state index >= 15 is 0 Å². The first-order valence-electron chi connectivity index (χ1n) is 5.73. The third kappa shape index (κ3) is 1.52. The van der Waals surface area contributed by atoms with Crippen molar-refractivity contribution in [3.63, 3.8) is 0 Å². The number of nitrogens with zero attached hydrogens (tertiary/aromatic N) is 1. The summed E-state index contributed by atoms with van der Waals surface area (Å²) in [6.07, 6.45) is 4.21. The van der Waals surface area contributed by atoms with Crippen molar-refractivity contribution >= 4 is 11.9 Å². The van der Waals surface area contributed by atoms with Crippen LogP contribution in [0.1, 0.15) is 39.5 Å². The molecule has 0 aromatic heterocycles. The average molecular weight is 209 g/mol. The molecule has 0 aromatic rings. The number of rotatable bonds is 1. The van der Waals surface area contributed by atoms with Crippen molar-refractivity contribution in [2.24, 2.45) is 22.6 Å². The number of carbonyl (C=O) groups is 1. The van der Waals surface area contributed by atoms with Crippen molar-refractivity contribution < 1.29 is 4.79 Å². The Morgan fingerprint density at radius 2 is 2.27 bits per heavy atom. The fourth-order valence-electron chi connectivity index (χ4n) is 3.01. The van der Waals surface area contributed by atoms with Crippen LogP contribution in [0.15, 0.2) is 4.99 Å². The molecular weight excluding hydrogens is 190 g/mol. The lowest BCUT2D eigenvalue weighted by Gasteiger charge is -2.39. The van der Waals surface area contributed by atoms with E-state index in [4.69, 9.17) is 5.73 Å². The smallest absolute Gasteiger partial charge is 0.255 e. The van der Waals surface area contributed by atoms with E-state index in [0.717, 1.165) is 19.3 Å². The summed E-state index contributed by atoms with van der Waals surface area (Å²) in [5.74, 6) is 1.13. The summed E-state index contributed by atoms with van der Waals surface area (Å²) in [5.41, 5.74) is 5.07. The minimum Gasteiger partial charge on any atom is -0.370 e. The van der Waals surface area contributed by atoms with Gasteiger partial charge in [0.1, 0.15) is 5.54 Å². The van der Waals surface area contributed by atoms with Crippen molar-refractivity contribution in [3.05, 3.63) is 0 Å². The number of guanidine groups is 1. The molecule has 1 spiro atoms. The van der Waals surface area contributed by atoms with Crippen molar-refractivity contribution in [2.45, 2.75) is 45.1 Å². The van der Waals surface area contributed by atoms with Crippen LogP contribution in [0, 0.1) is 11.8 Å². The third-order valence-corrected chi connectivity index (χ3v) is 3.70. The fourth-order valence-corrected chi connectivity index (χ4v) is 3.01. The number of hydrogen-bond donors (Lipinski definition) is 2. The zero-order valence-corrected chi connectivity index (χ0v) is 9.42. The van der Waals surface area contributed by atoms with Gasteiger partial charge in [0.25, 0.3) is 5.91 Å². The Balaban J connectivity index is 2.34. The van der Waals surface area contributed by atoms with E-state index in [-0.39, 0.29) is 5.91 Å². The molecule has 1 saturated carbocycles. The molecule has 1 aliphatic carbocycles. The molecule has 1 heterocycles. The monoisotopic (exact) mass is 209 g/mol. The molecule has 0 aromatic carbocycles. The Bertz CT molecular complexity index is 311. The predicted octanol–water partition coefficient (Wildman–Crippen LogP) is 1.02. The summed E-state index contributed by atoms with van der Waals surface area (Å²) in [5, 5.41) is 2.65. The van der Waals surface area contributed by atoms with E-state index in [1.807, 2.05) is 0 Å². The summed E-state index contributed by atoms with van der Waals surface area (Å²) in [6.45, 7) is 4.32. The van der Waals surface area contributed by atoms with E-state index in [1.165, 1.54) is 6.42 Å². The second-order valence-electron chi connectivity index (χ2n) is 4.97. The lowest BCUT2D eigenvalue weighted by Crippen LogP contribution is -2.49. The fraction of sp³-hybridized carbons (Fsp3) is 0.818. The molecule has 1 aliphatic heterocycles. The van der Waals surface area contributed by atoms with E-state index in [2.05, 4.69) is 24.2 Å². The van der Waals surface area contributed by atoms with Gasteiger partial charge in [-0.2, -0.15) is 0 Å². The Morgan fingerprint density at radius 3 is 2.80 bits per heavy atom. The molecule has 2 rings (SSSR count). The Labute approximate surface area is 90.3 Å². The Hall–Kier alpha value is -1.06. The lowest BCUT2D eigenvalue weighted by molar-refractivity contribution is -0.127. The van der Waals surface area contributed by atoms with Gasteiger partial charge in [-0.05, 0) is 24.7 Å². The maximum absolute atomic E-state index is 12.0. The topological polar surface area (TPSA) is 67.5 Å². The third-order valence-electron chi connectivity index (χ3n) is 3.70. The van der Waals surface area contributed by atoms with E-state index in [1.54, 1.807) is 0 Å². The van der Waals surface area contributed by atoms with Gasteiger partial charge in [-0.1, -0.05) is 26.7 Å². The first-order chi connectivity index (χ1) is 7.06. The molecule has 15 heavy (non-hydrogen) atoms. The van der Waals surface area contributed by atoms with Crippen LogP contribution in [-0.2, 0) is 4.79 Å². The van der Waals surface area contributed by atoms with Gasteiger partial charge in [0.15, 0.2) is 5.96 Å². The van der Waals surface area contributed by atoms with Crippen molar-refractivity contribution in [1.82, 2.24) is 5.32 Å². The minimum absolute atomic E-state index is 0.0124. The van der Waals surface area contributed by atoms with Gasteiger partial charge >= 0.3 is 0 Å². The molecule has 84 valence electrons. The highest BCUT2D eigenvalue weighted by molar-refractivity contribution is 6.07. The molecule has 1 amide bonds. The molecule has 4 nitrogen and oxygen atoms in total. The van der Waals surface area contributed by atoms with Crippen LogP contribution >= 0.6 is 0 Å². The highest BCUT2D eigenvalue weighted by Crippen LogP contribution is 2.42. The molecule has 3 N–H and O–H groups in total. The number of hydrogen-bond acceptors (Lipinski definition) is 3. The maximum Gasteiger partial charge on any atom is 0.255 e. The van der Waals surface area contributed by atoms with Crippen LogP contribution in [0.2, 0.25) is 0 Å². The molecule has 4 heteroatoms. The lowest BCUT2D eigenvalue weighted by atomic mass is 9.68. The van der Waals surface area contributed by atoms with Crippen molar-refractivity contribution in [1.29, 1.82) is 0 Å². The first kappa shape index (κ1) is 10.5. The molecule has 0 bridgehead atoms. The SMILES string of the molecule is CC(C)C1CCCCC12N=C(N)NC2=O. The van der Waals surface area contributed by atoms with Gasteiger partial charge in [-0.25, -0.2) is 4.99 Å². The summed E-state index contributed by atoms with van der Waals surface area (Å²) in [7, 11) is 0. The second kappa shape index (κ2) is 3.51. The van der Waals surface area contributed by atoms with Crippen LogP contribution in [-0.4, -0.2) is 17.4 Å². The van der Waals surface area contributed by atoms with E-state index in [0.29, 0.717) is 17.8 Å². The van der Waals surface area contributed by atoms with Gasteiger partial charge < -0.3 is 5.73 Å². The average Bonchev–Trinajstić information content (AvgIpc) is 2.42. The minimum atomic E-state index is -0.545. The number of nitrogens with one attached hydrogen (secondary N) is 1. The van der Waals surface area contributed by atoms with Gasteiger partial charge in [0.2, 0.25) is 0 Å². The van der Waals surface area contributed by atoms with Crippen LogP contribution in [0.3, 0.4) is 0 Å². The van der Waals surface area contributed by atoms with Crippen LogP contribution < -0.4 is 11.1 Å². The highest BCUT2D eigenvalue weighted by Gasteiger charge is 2.51. The zero-order valence-electron chi connectivity index (χ0n) is 9.42. The first-order valence-corrected chi connectivity index (χ1v) is 5.73. The van der Waals surface area contributed by atoms with E-state index in [9.17, 15) is 4.79 Å². The summed E-state index contributed by atoms with van der Waals surface area (Å²) >= 11 is 0. The van der Waals surface area contributed by atoms with Crippen LogP contribution in [0.4, 0.5) is 0 Å². The quantitative estimate of drug-likeness (QED) is 0.677. The largest absolute Gasteiger partial charge is 0.370 e. The van der Waals surface area contributed by atoms with Gasteiger partial charge in [0.05, 0.1) is 0 Å². The number of carbonyl (C=O) groups excluding carboxylic acids is 1. The normalized spacial score (nSPS) is 35.8. The molecule has 2 unspecified atom stereocenters. The molecule has 2 atom stereocenters. The van der Waals surface area contributed by atoms with Crippen LogP contribution in [0.5, 0.6) is 0 Å². The number of aliphatic imine (C=N–C) groups is 1. The maximum atomic E-state index is 12.0. The predicted molar refractivity (Wildman–Crippen MR) is 59.3 cm³/mol. The second-order valence-corrected chi connectivity index (χ2v) is 4.97. The highest BCUT2D eigenvalue weighted by atomic mass is 16.2. The standard InChI is InChI=1S/C11H19N3O/c1-7(2)8-5-3-4-6-11(8)9(15)13-10(12)14-11/h7-8H,3-6H2,1-2H3,(H3,12,13,14,15). The van der Waals surface area contributed by atoms with Crippen LogP contribution in [0.25, 0.3) is 0 Å². The molecule has 2 aliphatic rings. The number of nitrogens with two attached hydrogens (primary N) is 1. The summed E-state index contributed by atoms with van der Waals surface area (Å²) in [6, 6.07) is 0. The molecular formula is C11H19N3O. The van der Waals surface area contributed by atoms with Gasteiger partial charge in [0, 0.05) is 0 Å². The zero-order chi connectivity index (χ0) is 11.1. The van der Waals surface area contributed by atoms with Gasteiger partial charge in [-0.15, -0.1) is 0 Å². The summed E-state index contributed by atoms with van der Waals surface area (Å²) in [4.78, 5) is 16.4. The van der Waals surface area contributed by atoms with Gasteiger partial charge in [-0.3, -0.25) is 10.1 Å². The van der Waals surface area contributed by atoms with E-state index < -0.39 is 5.54 Å². The van der Waals surface area contributed by atoms with Crippen molar-refractivity contribution in [3.8, 4) is 0 Å². The van der Waals surface area contributed by atoms with Crippen molar-refractivity contribution in [2.75, 3.05) is 0 Å². The number of amides is 1. The Morgan fingerprint density at radius 1 is 1.53 bits per heavy atom. The summed E-state index contributed by atoms with van der Waals surface area (Å²) < 4.78 is 0. The molecule has 1 fully saturated rings.